The Bertz CT molecular complexity index is 458. The summed E-state index contributed by atoms with van der Waals surface area (Å²) in [6.07, 6.45) is 6.05. The highest BCUT2D eigenvalue weighted by Gasteiger charge is 2.08. The molecule has 0 bridgehead atoms. The Morgan fingerprint density at radius 2 is 1.54 bits per heavy atom. The smallest absolute Gasteiger partial charge is 0.306 e. The Hall–Kier alpha value is -1.94. The lowest BCUT2D eigenvalue weighted by molar-refractivity contribution is -0.141. The third-order valence-corrected chi connectivity index (χ3v) is 3.00. The third kappa shape index (κ3) is 22.3. The van der Waals surface area contributed by atoms with E-state index in [2.05, 4.69) is 23.7 Å². The Morgan fingerprint density at radius 1 is 0.917 bits per heavy atom. The lowest BCUT2D eigenvalue weighted by Gasteiger charge is -2.02. The monoisotopic (exact) mass is 336 g/mol. The number of hydrogen-bond acceptors (Lipinski definition) is 2. The molecule has 0 heterocycles. The van der Waals surface area contributed by atoms with Gasteiger partial charge >= 0.3 is 11.9 Å². The average Bonchev–Trinajstić information content (AvgIpc) is 2.50. The van der Waals surface area contributed by atoms with Gasteiger partial charge in [0.25, 0.3) is 0 Å². The molecular formula is C20H32O4. The highest BCUT2D eigenvalue weighted by molar-refractivity contribution is 5.69. The molecule has 0 saturated heterocycles. The molecule has 0 aliphatic heterocycles. The van der Waals surface area contributed by atoms with Gasteiger partial charge in [0.1, 0.15) is 0 Å². The molecule has 4 heteroatoms. The molecule has 0 aliphatic rings. The Morgan fingerprint density at radius 3 is 2.04 bits per heavy atom. The van der Waals surface area contributed by atoms with Crippen molar-refractivity contribution >= 4 is 11.9 Å². The number of carbonyl (C=O) groups is 2. The molecule has 0 saturated carbocycles. The number of aliphatic carboxylic acids is 2. The van der Waals surface area contributed by atoms with Gasteiger partial charge in [-0.25, -0.2) is 0 Å². The van der Waals surface area contributed by atoms with Gasteiger partial charge in [0, 0.05) is 31.6 Å². The molecule has 136 valence electrons. The number of carboxylic acid groups (broad SMARTS) is 2. The van der Waals surface area contributed by atoms with Crippen molar-refractivity contribution in [2.45, 2.75) is 79.1 Å². The average molecular weight is 336 g/mol. The minimum Gasteiger partial charge on any atom is -0.481 e. The van der Waals surface area contributed by atoms with Crippen LogP contribution in [-0.2, 0) is 9.59 Å². The van der Waals surface area contributed by atoms with Crippen molar-refractivity contribution < 1.29 is 19.8 Å². The van der Waals surface area contributed by atoms with Crippen LogP contribution in [0.3, 0.4) is 0 Å². The van der Waals surface area contributed by atoms with Gasteiger partial charge < -0.3 is 10.2 Å². The molecule has 2 N–H and O–H groups in total. The van der Waals surface area contributed by atoms with Crippen molar-refractivity contribution in [1.29, 1.82) is 0 Å². The lowest BCUT2D eigenvalue weighted by atomic mass is 10.0. The van der Waals surface area contributed by atoms with Gasteiger partial charge in [-0.3, -0.25) is 9.59 Å². The fourth-order valence-corrected chi connectivity index (χ4v) is 1.60. The van der Waals surface area contributed by atoms with Crippen LogP contribution >= 0.6 is 0 Å². The second-order valence-corrected chi connectivity index (χ2v) is 5.92. The number of carboxylic acids is 2. The van der Waals surface area contributed by atoms with Crippen molar-refractivity contribution in [3.05, 3.63) is 0 Å². The van der Waals surface area contributed by atoms with E-state index in [1.54, 1.807) is 6.92 Å². The predicted molar refractivity (Wildman–Crippen MR) is 97.4 cm³/mol. The van der Waals surface area contributed by atoms with E-state index in [1.807, 2.05) is 20.8 Å². The zero-order chi connectivity index (χ0) is 18.8. The van der Waals surface area contributed by atoms with Crippen LogP contribution < -0.4 is 0 Å². The van der Waals surface area contributed by atoms with E-state index in [1.165, 1.54) is 0 Å². The summed E-state index contributed by atoms with van der Waals surface area (Å²) >= 11 is 0. The largest absolute Gasteiger partial charge is 0.481 e. The lowest BCUT2D eigenvalue weighted by Crippen LogP contribution is -2.08. The van der Waals surface area contributed by atoms with Crippen molar-refractivity contribution in [2.75, 3.05) is 0 Å². The van der Waals surface area contributed by atoms with E-state index in [9.17, 15) is 9.59 Å². The van der Waals surface area contributed by atoms with Crippen LogP contribution in [0, 0.1) is 35.5 Å². The standard InChI is InChI=1S/2C10H16O2/c1-9(2)7-5-3-4-6-8-10(11)12;1-3-4-5-6-7-8-9(2)10(11)12/h9H,3-4,6,8H2,1-2H3,(H,11,12);9H,3,6-8H2,1-2H3,(H,11,12). The molecule has 0 radical (unpaired) electrons. The van der Waals surface area contributed by atoms with Crippen molar-refractivity contribution in [3.8, 4) is 23.7 Å². The van der Waals surface area contributed by atoms with Gasteiger partial charge in [-0.2, -0.15) is 0 Å². The van der Waals surface area contributed by atoms with Gasteiger partial charge in [-0.15, -0.1) is 23.7 Å². The summed E-state index contributed by atoms with van der Waals surface area (Å²) in [6.45, 7) is 7.83. The molecule has 0 aliphatic carbocycles. The van der Waals surface area contributed by atoms with Crippen molar-refractivity contribution in [1.82, 2.24) is 0 Å². The molecular weight excluding hydrogens is 304 g/mol. The maximum absolute atomic E-state index is 10.4. The quantitative estimate of drug-likeness (QED) is 0.502. The Balaban J connectivity index is 0. The molecule has 0 fully saturated rings. The summed E-state index contributed by atoms with van der Waals surface area (Å²) in [5.74, 6) is 10.8. The van der Waals surface area contributed by atoms with Gasteiger partial charge in [0.15, 0.2) is 0 Å². The van der Waals surface area contributed by atoms with Crippen LogP contribution in [0.1, 0.15) is 79.1 Å². The zero-order valence-corrected chi connectivity index (χ0v) is 15.5. The fourth-order valence-electron chi connectivity index (χ4n) is 1.60. The third-order valence-electron chi connectivity index (χ3n) is 3.00. The molecule has 1 unspecified atom stereocenters. The summed E-state index contributed by atoms with van der Waals surface area (Å²) in [5, 5.41) is 16.9. The van der Waals surface area contributed by atoms with Crippen LogP contribution in [0.2, 0.25) is 0 Å². The molecule has 4 nitrogen and oxygen atoms in total. The maximum atomic E-state index is 10.4. The molecule has 0 aromatic carbocycles. The van der Waals surface area contributed by atoms with E-state index in [-0.39, 0.29) is 12.3 Å². The predicted octanol–water partition coefficient (Wildman–Crippen LogP) is 4.58. The zero-order valence-electron chi connectivity index (χ0n) is 15.5. The minimum atomic E-state index is -0.716. The number of rotatable bonds is 8. The minimum absolute atomic E-state index is 0.228. The maximum Gasteiger partial charge on any atom is 0.306 e. The van der Waals surface area contributed by atoms with Crippen LogP contribution in [0.4, 0.5) is 0 Å². The normalized spacial score (nSPS) is 10.4. The number of hydrogen-bond donors (Lipinski definition) is 2. The van der Waals surface area contributed by atoms with Crippen LogP contribution in [0.25, 0.3) is 0 Å². The van der Waals surface area contributed by atoms with Crippen molar-refractivity contribution in [2.24, 2.45) is 11.8 Å². The van der Waals surface area contributed by atoms with E-state index >= 15 is 0 Å². The van der Waals surface area contributed by atoms with Crippen LogP contribution in [-0.4, -0.2) is 22.2 Å². The summed E-state index contributed by atoms with van der Waals surface area (Å²) in [6, 6.07) is 0. The summed E-state index contributed by atoms with van der Waals surface area (Å²) in [7, 11) is 0. The molecule has 0 aromatic heterocycles. The molecule has 24 heavy (non-hydrogen) atoms. The highest BCUT2D eigenvalue weighted by atomic mass is 16.4. The first-order valence-corrected chi connectivity index (χ1v) is 8.69. The summed E-state index contributed by atoms with van der Waals surface area (Å²) in [4.78, 5) is 20.5. The van der Waals surface area contributed by atoms with E-state index in [4.69, 9.17) is 10.2 Å². The first kappa shape index (κ1) is 24.3. The van der Waals surface area contributed by atoms with E-state index in [0.717, 1.165) is 44.9 Å². The topological polar surface area (TPSA) is 74.6 Å². The molecule has 0 rings (SSSR count). The van der Waals surface area contributed by atoms with Crippen LogP contribution in [0.15, 0.2) is 0 Å². The van der Waals surface area contributed by atoms with Gasteiger partial charge in [-0.1, -0.05) is 27.7 Å². The van der Waals surface area contributed by atoms with E-state index in [0.29, 0.717) is 5.92 Å². The van der Waals surface area contributed by atoms with Crippen LogP contribution in [0.5, 0.6) is 0 Å². The Labute approximate surface area is 147 Å². The first-order valence-electron chi connectivity index (χ1n) is 8.69. The SMILES string of the molecule is CC(C)C#CCCCCC(=O)O.CCC#CCCCC(C)C(=O)O. The van der Waals surface area contributed by atoms with Gasteiger partial charge in [0.2, 0.25) is 0 Å². The van der Waals surface area contributed by atoms with Gasteiger partial charge in [0.05, 0.1) is 5.92 Å². The second kappa shape index (κ2) is 17.4. The Kier molecular flexibility index (Phi) is 17.6. The fraction of sp³-hybridized carbons (Fsp3) is 0.700. The van der Waals surface area contributed by atoms with Crippen molar-refractivity contribution in [3.63, 3.8) is 0 Å². The highest BCUT2D eigenvalue weighted by Crippen LogP contribution is 2.06. The molecule has 0 spiro atoms. The molecule has 0 amide bonds. The second-order valence-electron chi connectivity index (χ2n) is 5.92. The first-order chi connectivity index (χ1) is 11.3. The summed E-state index contributed by atoms with van der Waals surface area (Å²) < 4.78 is 0. The number of unbranched alkanes of at least 4 members (excludes halogenated alkanes) is 3. The summed E-state index contributed by atoms with van der Waals surface area (Å²) in [5.41, 5.74) is 0. The van der Waals surface area contributed by atoms with E-state index < -0.39 is 11.9 Å². The molecule has 1 atom stereocenters. The molecule has 0 aromatic rings. The van der Waals surface area contributed by atoms with Gasteiger partial charge in [-0.05, 0) is 25.7 Å².